The number of rotatable bonds is 5. The van der Waals surface area contributed by atoms with Crippen LogP contribution in [-0.4, -0.2) is 17.6 Å². The van der Waals surface area contributed by atoms with Crippen LogP contribution in [0.2, 0.25) is 0 Å². The lowest BCUT2D eigenvalue weighted by atomic mass is 10.1. The average Bonchev–Trinajstić information content (AvgIpc) is 2.40. The minimum atomic E-state index is -0.375. The van der Waals surface area contributed by atoms with Crippen LogP contribution in [0.15, 0.2) is 28.2 Å². The van der Waals surface area contributed by atoms with Crippen LogP contribution in [0.4, 0.5) is 0 Å². The van der Waals surface area contributed by atoms with E-state index in [1.807, 2.05) is 13.0 Å². The maximum Gasteiger partial charge on any atom is 0.261 e. The largest absolute Gasteiger partial charge is 0.507 e. The zero-order valence-corrected chi connectivity index (χ0v) is 12.2. The molecule has 1 rings (SSSR count). The average molecular weight is 323 g/mol. The number of halogens is 1. The van der Waals surface area contributed by atoms with E-state index in [2.05, 4.69) is 21.2 Å². The molecule has 0 aliphatic carbocycles. The minimum Gasteiger partial charge on any atom is -0.507 e. The number of benzene rings is 1. The van der Waals surface area contributed by atoms with E-state index in [0.29, 0.717) is 16.6 Å². The van der Waals surface area contributed by atoms with Gasteiger partial charge in [0.2, 0.25) is 0 Å². The lowest BCUT2D eigenvalue weighted by molar-refractivity contribution is -0.117. The molecule has 0 bridgehead atoms. The van der Waals surface area contributed by atoms with Gasteiger partial charge >= 0.3 is 0 Å². The fourth-order valence-electron chi connectivity index (χ4n) is 1.40. The fourth-order valence-corrected chi connectivity index (χ4v) is 1.80. The van der Waals surface area contributed by atoms with E-state index in [4.69, 9.17) is 5.26 Å². The Labute approximate surface area is 120 Å². The molecule has 0 aliphatic rings. The van der Waals surface area contributed by atoms with Crippen molar-refractivity contribution in [2.45, 2.75) is 19.8 Å². The predicted octanol–water partition coefficient (Wildman–Crippen LogP) is 2.98. The molecule has 0 unspecified atom stereocenters. The van der Waals surface area contributed by atoms with E-state index in [0.717, 1.165) is 12.8 Å². The summed E-state index contributed by atoms with van der Waals surface area (Å²) in [5.41, 5.74) is 0.723. The third-order valence-corrected chi connectivity index (χ3v) is 3.10. The number of nitrogens with one attached hydrogen (secondary N) is 1. The Morgan fingerprint density at radius 1 is 1.58 bits per heavy atom. The summed E-state index contributed by atoms with van der Waals surface area (Å²) in [7, 11) is 0. The number of hydrogen-bond donors (Lipinski definition) is 2. The predicted molar refractivity (Wildman–Crippen MR) is 77.3 cm³/mol. The zero-order chi connectivity index (χ0) is 14.3. The smallest absolute Gasteiger partial charge is 0.261 e. The summed E-state index contributed by atoms with van der Waals surface area (Å²) in [6.07, 6.45) is 3.36. The first-order valence-corrected chi connectivity index (χ1v) is 6.76. The number of carbonyl (C=O) groups excluding carboxylic acids is 1. The normalized spacial score (nSPS) is 10.9. The molecule has 5 heteroatoms. The van der Waals surface area contributed by atoms with E-state index < -0.39 is 0 Å². The van der Waals surface area contributed by atoms with Gasteiger partial charge in [0, 0.05) is 6.54 Å². The number of hydrogen-bond acceptors (Lipinski definition) is 3. The van der Waals surface area contributed by atoms with Crippen LogP contribution in [0.1, 0.15) is 25.3 Å². The quantitative estimate of drug-likeness (QED) is 0.497. The van der Waals surface area contributed by atoms with Gasteiger partial charge in [-0.3, -0.25) is 4.79 Å². The molecule has 4 nitrogen and oxygen atoms in total. The summed E-state index contributed by atoms with van der Waals surface area (Å²) in [5.74, 6) is -0.261. The molecular formula is C14H15BrN2O2. The van der Waals surface area contributed by atoms with Crippen molar-refractivity contribution < 1.29 is 9.90 Å². The third-order valence-electron chi connectivity index (χ3n) is 2.46. The van der Waals surface area contributed by atoms with Gasteiger partial charge < -0.3 is 10.4 Å². The van der Waals surface area contributed by atoms with E-state index in [1.54, 1.807) is 12.1 Å². The Balaban J connectivity index is 2.84. The van der Waals surface area contributed by atoms with E-state index in [9.17, 15) is 9.90 Å². The van der Waals surface area contributed by atoms with Gasteiger partial charge in [-0.05, 0) is 46.1 Å². The molecule has 2 N–H and O–H groups in total. The molecular weight excluding hydrogens is 308 g/mol. The lowest BCUT2D eigenvalue weighted by Crippen LogP contribution is -2.25. The van der Waals surface area contributed by atoms with E-state index in [-0.39, 0.29) is 17.2 Å². The van der Waals surface area contributed by atoms with E-state index >= 15 is 0 Å². The van der Waals surface area contributed by atoms with Crippen LogP contribution < -0.4 is 5.32 Å². The SMILES string of the molecule is CCCCNC(=O)/C(C#N)=C\c1ccc(O)c(Br)c1. The second kappa shape index (κ2) is 7.59. The van der Waals surface area contributed by atoms with E-state index in [1.165, 1.54) is 12.1 Å². The summed E-state index contributed by atoms with van der Waals surface area (Å²) < 4.78 is 0.518. The molecule has 1 aromatic carbocycles. The molecule has 1 aromatic rings. The highest BCUT2D eigenvalue weighted by Gasteiger charge is 2.08. The Morgan fingerprint density at radius 2 is 2.32 bits per heavy atom. The van der Waals surface area contributed by atoms with Crippen molar-refractivity contribution in [3.05, 3.63) is 33.8 Å². The number of nitriles is 1. The van der Waals surface area contributed by atoms with Gasteiger partial charge in [-0.2, -0.15) is 5.26 Å². The van der Waals surface area contributed by atoms with Crippen LogP contribution in [-0.2, 0) is 4.79 Å². The van der Waals surface area contributed by atoms with Crippen molar-refractivity contribution in [3.8, 4) is 11.8 Å². The van der Waals surface area contributed by atoms with Gasteiger partial charge in [0.15, 0.2) is 0 Å². The van der Waals surface area contributed by atoms with Gasteiger partial charge in [0.1, 0.15) is 17.4 Å². The van der Waals surface area contributed by atoms with Gasteiger partial charge in [-0.15, -0.1) is 0 Å². The van der Waals surface area contributed by atoms with Gasteiger partial charge in [0.25, 0.3) is 5.91 Å². The molecule has 1 amide bonds. The summed E-state index contributed by atoms with van der Waals surface area (Å²) in [5, 5.41) is 21.1. The molecule has 0 radical (unpaired) electrons. The molecule has 0 heterocycles. The number of phenolic OH excluding ortho intramolecular Hbond substituents is 1. The second-order valence-corrected chi connectivity index (χ2v) is 4.84. The number of carbonyl (C=O) groups is 1. The molecule has 0 aromatic heterocycles. The van der Waals surface area contributed by atoms with Crippen molar-refractivity contribution in [2.24, 2.45) is 0 Å². The highest BCUT2D eigenvalue weighted by Crippen LogP contribution is 2.25. The fraction of sp³-hybridized carbons (Fsp3) is 0.286. The molecule has 100 valence electrons. The number of nitrogens with zero attached hydrogens (tertiary/aromatic N) is 1. The van der Waals surface area contributed by atoms with Crippen LogP contribution in [0.3, 0.4) is 0 Å². The maximum atomic E-state index is 11.7. The molecule has 0 aliphatic heterocycles. The molecule has 0 spiro atoms. The van der Waals surface area contributed by atoms with Crippen molar-refractivity contribution in [1.82, 2.24) is 5.32 Å². The topological polar surface area (TPSA) is 73.1 Å². The summed E-state index contributed by atoms with van der Waals surface area (Å²) in [6, 6.07) is 6.66. The first kappa shape index (κ1) is 15.3. The van der Waals surface area contributed by atoms with Gasteiger partial charge in [0.05, 0.1) is 4.47 Å². The Bertz CT molecular complexity index is 533. The highest BCUT2D eigenvalue weighted by molar-refractivity contribution is 9.10. The van der Waals surface area contributed by atoms with Crippen molar-refractivity contribution in [1.29, 1.82) is 5.26 Å². The second-order valence-electron chi connectivity index (χ2n) is 3.99. The highest BCUT2D eigenvalue weighted by atomic mass is 79.9. The first-order chi connectivity index (χ1) is 9.08. The lowest BCUT2D eigenvalue weighted by Gasteiger charge is -2.03. The summed E-state index contributed by atoms with van der Waals surface area (Å²) in [4.78, 5) is 11.7. The number of amides is 1. The number of phenols is 1. The third kappa shape index (κ3) is 4.76. The van der Waals surface area contributed by atoms with Crippen molar-refractivity contribution in [2.75, 3.05) is 6.54 Å². The van der Waals surface area contributed by atoms with Crippen molar-refractivity contribution >= 4 is 27.9 Å². The molecule has 19 heavy (non-hydrogen) atoms. The molecule has 0 atom stereocenters. The molecule has 0 fully saturated rings. The van der Waals surface area contributed by atoms with Crippen LogP contribution >= 0.6 is 15.9 Å². The molecule has 0 saturated carbocycles. The monoisotopic (exact) mass is 322 g/mol. The zero-order valence-electron chi connectivity index (χ0n) is 10.6. The molecule has 0 saturated heterocycles. The minimum absolute atomic E-state index is 0.0497. The maximum absolute atomic E-state index is 11.7. The Morgan fingerprint density at radius 3 is 2.89 bits per heavy atom. The van der Waals surface area contributed by atoms with Crippen LogP contribution in [0, 0.1) is 11.3 Å². The Kier molecular flexibility index (Phi) is 6.10. The first-order valence-electron chi connectivity index (χ1n) is 5.97. The van der Waals surface area contributed by atoms with Crippen LogP contribution in [0.5, 0.6) is 5.75 Å². The van der Waals surface area contributed by atoms with Gasteiger partial charge in [-0.25, -0.2) is 0 Å². The van der Waals surface area contributed by atoms with Crippen LogP contribution in [0.25, 0.3) is 6.08 Å². The van der Waals surface area contributed by atoms with Crippen molar-refractivity contribution in [3.63, 3.8) is 0 Å². The summed E-state index contributed by atoms with van der Waals surface area (Å²) >= 11 is 3.18. The van der Waals surface area contributed by atoms with Gasteiger partial charge in [-0.1, -0.05) is 19.4 Å². The summed E-state index contributed by atoms with van der Waals surface area (Å²) in [6.45, 7) is 2.59. The number of aromatic hydroxyl groups is 1. The Hall–Kier alpha value is -1.80. The number of unbranched alkanes of at least 4 members (excludes halogenated alkanes) is 1. The standard InChI is InChI=1S/C14H15BrN2O2/c1-2-3-6-17-14(19)11(9-16)7-10-4-5-13(18)12(15)8-10/h4-5,7-8,18H,2-3,6H2,1H3,(H,17,19)/b11-7-.